The zero-order valence-corrected chi connectivity index (χ0v) is 10.0. The van der Waals surface area contributed by atoms with Crippen LogP contribution in [0.5, 0.6) is 0 Å². The number of halogens is 1. The number of carbonyl (C=O) groups is 1. The van der Waals surface area contributed by atoms with E-state index >= 15 is 0 Å². The third-order valence-corrected chi connectivity index (χ3v) is 3.04. The number of amides is 1. The van der Waals surface area contributed by atoms with Crippen LogP contribution in [0.4, 0.5) is 0 Å². The maximum atomic E-state index is 11.8. The summed E-state index contributed by atoms with van der Waals surface area (Å²) in [6.07, 6.45) is 4.50. The first-order valence-electron chi connectivity index (χ1n) is 5.14. The second-order valence-electron chi connectivity index (χ2n) is 3.75. The maximum absolute atomic E-state index is 11.8. The summed E-state index contributed by atoms with van der Waals surface area (Å²) < 4.78 is 0.786. The fourth-order valence-electron chi connectivity index (χ4n) is 1.81. The van der Waals surface area contributed by atoms with Crippen molar-refractivity contribution in [1.82, 2.24) is 9.88 Å². The lowest BCUT2D eigenvalue weighted by molar-refractivity contribution is -0.129. The van der Waals surface area contributed by atoms with Gasteiger partial charge in [0, 0.05) is 19.3 Å². The molecule has 0 spiro atoms. The maximum Gasteiger partial charge on any atom is 0.226 e. The second kappa shape index (κ2) is 4.75. The van der Waals surface area contributed by atoms with Gasteiger partial charge in [-0.2, -0.15) is 0 Å². The summed E-state index contributed by atoms with van der Waals surface area (Å²) in [7, 11) is 0. The lowest BCUT2D eigenvalue weighted by Crippen LogP contribution is -2.29. The van der Waals surface area contributed by atoms with Crippen molar-refractivity contribution < 1.29 is 4.79 Å². The molecule has 0 aromatic carbocycles. The first-order valence-corrected chi connectivity index (χ1v) is 5.93. The van der Waals surface area contributed by atoms with E-state index in [9.17, 15) is 4.79 Å². The molecule has 4 heteroatoms. The number of carbonyl (C=O) groups excluding carboxylic acids is 1. The number of hydrogen-bond donors (Lipinski definition) is 0. The number of likely N-dealkylation sites (tertiary alicyclic amines) is 1. The monoisotopic (exact) mass is 268 g/mol. The molecule has 2 rings (SSSR count). The summed E-state index contributed by atoms with van der Waals surface area (Å²) in [4.78, 5) is 17.8. The first-order chi connectivity index (χ1) is 7.25. The number of pyridine rings is 1. The van der Waals surface area contributed by atoms with Gasteiger partial charge in [-0.15, -0.1) is 0 Å². The summed E-state index contributed by atoms with van der Waals surface area (Å²) in [5.74, 6) is 0.227. The van der Waals surface area contributed by atoms with Gasteiger partial charge < -0.3 is 4.90 Å². The highest BCUT2D eigenvalue weighted by Gasteiger charge is 2.17. The molecule has 0 unspecified atom stereocenters. The fraction of sp³-hybridized carbons (Fsp3) is 0.455. The largest absolute Gasteiger partial charge is 0.342 e. The molecule has 0 saturated carbocycles. The van der Waals surface area contributed by atoms with Crippen molar-refractivity contribution in [3.63, 3.8) is 0 Å². The molecular formula is C11H13BrN2O. The van der Waals surface area contributed by atoms with Crippen LogP contribution in [0.2, 0.25) is 0 Å². The van der Waals surface area contributed by atoms with E-state index in [1.165, 1.54) is 0 Å². The molecule has 1 aromatic heterocycles. The molecule has 0 radical (unpaired) electrons. The predicted molar refractivity (Wildman–Crippen MR) is 61.5 cm³/mol. The Morgan fingerprint density at radius 3 is 2.87 bits per heavy atom. The van der Waals surface area contributed by atoms with Crippen LogP contribution in [0.15, 0.2) is 22.9 Å². The standard InChI is InChI=1S/C11H13BrN2O/c12-10-7-9(3-4-13-10)8-11(15)14-5-1-2-6-14/h3-4,7H,1-2,5-6,8H2. The Kier molecular flexibility index (Phi) is 3.36. The molecule has 15 heavy (non-hydrogen) atoms. The summed E-state index contributed by atoms with van der Waals surface area (Å²) in [6, 6.07) is 3.78. The Morgan fingerprint density at radius 2 is 2.20 bits per heavy atom. The minimum Gasteiger partial charge on any atom is -0.342 e. The van der Waals surface area contributed by atoms with Gasteiger partial charge in [-0.25, -0.2) is 4.98 Å². The van der Waals surface area contributed by atoms with Gasteiger partial charge >= 0.3 is 0 Å². The van der Waals surface area contributed by atoms with E-state index in [4.69, 9.17) is 0 Å². The first kappa shape index (κ1) is 10.6. The van der Waals surface area contributed by atoms with Gasteiger partial charge in [0.2, 0.25) is 5.91 Å². The van der Waals surface area contributed by atoms with E-state index in [1.54, 1.807) is 6.20 Å². The number of hydrogen-bond acceptors (Lipinski definition) is 2. The third kappa shape index (κ3) is 2.78. The van der Waals surface area contributed by atoms with E-state index in [-0.39, 0.29) is 5.91 Å². The highest BCUT2D eigenvalue weighted by molar-refractivity contribution is 9.10. The van der Waals surface area contributed by atoms with Gasteiger partial charge in [-0.3, -0.25) is 4.79 Å². The van der Waals surface area contributed by atoms with Gasteiger partial charge in [0.05, 0.1) is 6.42 Å². The second-order valence-corrected chi connectivity index (χ2v) is 4.56. The van der Waals surface area contributed by atoms with Crippen LogP contribution < -0.4 is 0 Å². The Labute approximate surface area is 97.6 Å². The summed E-state index contributed by atoms with van der Waals surface area (Å²) in [5.41, 5.74) is 1.02. The summed E-state index contributed by atoms with van der Waals surface area (Å²) >= 11 is 3.30. The van der Waals surface area contributed by atoms with E-state index in [0.29, 0.717) is 6.42 Å². The Hall–Kier alpha value is -0.900. The normalized spacial score (nSPS) is 15.7. The molecule has 2 heterocycles. The quantitative estimate of drug-likeness (QED) is 0.769. The number of nitrogens with zero attached hydrogens (tertiary/aromatic N) is 2. The van der Waals surface area contributed by atoms with Crippen molar-refractivity contribution in [3.05, 3.63) is 28.5 Å². The Morgan fingerprint density at radius 1 is 1.47 bits per heavy atom. The molecule has 0 N–H and O–H groups in total. The van der Waals surface area contributed by atoms with Crippen molar-refractivity contribution in [2.45, 2.75) is 19.3 Å². The van der Waals surface area contributed by atoms with Gasteiger partial charge in [0.25, 0.3) is 0 Å². The molecule has 1 aliphatic rings. The molecule has 0 bridgehead atoms. The van der Waals surface area contributed by atoms with Crippen LogP contribution in [0.25, 0.3) is 0 Å². The van der Waals surface area contributed by atoms with Crippen molar-refractivity contribution in [3.8, 4) is 0 Å². The minimum atomic E-state index is 0.227. The highest BCUT2D eigenvalue weighted by Crippen LogP contribution is 2.12. The van der Waals surface area contributed by atoms with E-state index in [1.807, 2.05) is 17.0 Å². The fourth-order valence-corrected chi connectivity index (χ4v) is 2.22. The van der Waals surface area contributed by atoms with Crippen LogP contribution in [0.3, 0.4) is 0 Å². The number of aromatic nitrogens is 1. The molecule has 1 amide bonds. The van der Waals surface area contributed by atoms with Crippen molar-refractivity contribution in [2.75, 3.05) is 13.1 Å². The molecule has 1 aliphatic heterocycles. The molecule has 1 fully saturated rings. The molecular weight excluding hydrogens is 256 g/mol. The average molecular weight is 269 g/mol. The molecule has 1 saturated heterocycles. The Bertz CT molecular complexity index is 361. The van der Waals surface area contributed by atoms with Crippen LogP contribution in [0, 0.1) is 0 Å². The van der Waals surface area contributed by atoms with Crippen LogP contribution in [-0.4, -0.2) is 28.9 Å². The Balaban J connectivity index is 1.99. The SMILES string of the molecule is O=C(Cc1ccnc(Br)c1)N1CCCC1. The molecule has 1 aromatic rings. The zero-order valence-electron chi connectivity index (χ0n) is 8.45. The van der Waals surface area contributed by atoms with Crippen molar-refractivity contribution in [1.29, 1.82) is 0 Å². The smallest absolute Gasteiger partial charge is 0.226 e. The third-order valence-electron chi connectivity index (χ3n) is 2.61. The van der Waals surface area contributed by atoms with Gasteiger partial charge in [-0.1, -0.05) is 0 Å². The van der Waals surface area contributed by atoms with Crippen molar-refractivity contribution >= 4 is 21.8 Å². The van der Waals surface area contributed by atoms with Crippen LogP contribution in [0.1, 0.15) is 18.4 Å². The van der Waals surface area contributed by atoms with Gasteiger partial charge in [0.1, 0.15) is 4.60 Å². The summed E-state index contributed by atoms with van der Waals surface area (Å²) in [5, 5.41) is 0. The molecule has 0 atom stereocenters. The lowest BCUT2D eigenvalue weighted by atomic mass is 10.2. The average Bonchev–Trinajstić information content (AvgIpc) is 2.70. The van der Waals surface area contributed by atoms with E-state index in [2.05, 4.69) is 20.9 Å². The topological polar surface area (TPSA) is 33.2 Å². The zero-order chi connectivity index (χ0) is 10.7. The molecule has 0 aliphatic carbocycles. The van der Waals surface area contributed by atoms with Gasteiger partial charge in [0.15, 0.2) is 0 Å². The molecule has 3 nitrogen and oxygen atoms in total. The van der Waals surface area contributed by atoms with Gasteiger partial charge in [-0.05, 0) is 46.5 Å². The minimum absolute atomic E-state index is 0.227. The number of rotatable bonds is 2. The van der Waals surface area contributed by atoms with Crippen LogP contribution >= 0.6 is 15.9 Å². The lowest BCUT2D eigenvalue weighted by Gasteiger charge is -2.14. The highest BCUT2D eigenvalue weighted by atomic mass is 79.9. The molecule has 80 valence electrons. The van der Waals surface area contributed by atoms with E-state index in [0.717, 1.165) is 36.1 Å². The van der Waals surface area contributed by atoms with Crippen LogP contribution in [-0.2, 0) is 11.2 Å². The van der Waals surface area contributed by atoms with Crippen molar-refractivity contribution in [2.24, 2.45) is 0 Å². The van der Waals surface area contributed by atoms with E-state index < -0.39 is 0 Å². The predicted octanol–water partition coefficient (Wildman–Crippen LogP) is 2.01. The summed E-state index contributed by atoms with van der Waals surface area (Å²) in [6.45, 7) is 1.84.